The van der Waals surface area contributed by atoms with Crippen molar-refractivity contribution < 1.29 is 43.6 Å². The van der Waals surface area contributed by atoms with Gasteiger partial charge in [-0.3, -0.25) is 14.4 Å². The average molecular weight is 561 g/mol. The number of hydrogen-bond donors (Lipinski definition) is 4. The number of Topliss-reactive ketones (excluding diaryl/α,β-unsaturated/α-hetero) is 1. The lowest BCUT2D eigenvalue weighted by atomic mass is 9.83. The predicted molar refractivity (Wildman–Crippen MR) is 147 cm³/mol. The van der Waals surface area contributed by atoms with Crippen molar-refractivity contribution in [2.24, 2.45) is 17.6 Å². The normalized spacial score (nSPS) is 32.8. The van der Waals surface area contributed by atoms with Gasteiger partial charge in [-0.2, -0.15) is 0 Å². The van der Waals surface area contributed by atoms with Gasteiger partial charge in [0.1, 0.15) is 6.10 Å². The third kappa shape index (κ3) is 8.31. The first-order valence-electron chi connectivity index (χ1n) is 13.0. The van der Waals surface area contributed by atoms with Crippen LogP contribution >= 0.6 is 0 Å². The third-order valence-corrected chi connectivity index (χ3v) is 7.07. The van der Waals surface area contributed by atoms with E-state index in [2.05, 4.69) is 5.32 Å². The molecule has 2 amide bonds. The van der Waals surface area contributed by atoms with Crippen LogP contribution in [0.5, 0.6) is 0 Å². The number of fused-ring (bicyclic) bond motifs is 2. The number of nitrogens with two attached hydrogens (primary N) is 1. The van der Waals surface area contributed by atoms with E-state index in [-0.39, 0.29) is 34.8 Å². The molecule has 0 fully saturated rings. The highest BCUT2D eigenvalue weighted by molar-refractivity contribution is 6.23. The monoisotopic (exact) mass is 560 g/mol. The fraction of sp³-hybridized carbons (Fsp3) is 0.517. The van der Waals surface area contributed by atoms with E-state index in [4.69, 9.17) is 19.9 Å². The molecule has 1 heterocycles. The molecule has 11 heteroatoms. The van der Waals surface area contributed by atoms with E-state index in [0.29, 0.717) is 12.0 Å². The number of allylic oxidation sites excluding steroid dienone is 4. The predicted octanol–water partition coefficient (Wildman–Crippen LogP) is 1.80. The molecular weight excluding hydrogens is 520 g/mol. The van der Waals surface area contributed by atoms with Gasteiger partial charge in [-0.1, -0.05) is 38.2 Å². The Morgan fingerprint density at radius 1 is 1.15 bits per heavy atom. The van der Waals surface area contributed by atoms with Crippen LogP contribution in [-0.2, 0) is 28.6 Å². The summed E-state index contributed by atoms with van der Waals surface area (Å²) in [5.74, 6) is -2.44. The largest absolute Gasteiger partial charge is 0.439 e. The lowest BCUT2D eigenvalue weighted by molar-refractivity contribution is -0.120. The molecule has 0 saturated heterocycles. The Balaban J connectivity index is 2.60. The number of amides is 2. The van der Waals surface area contributed by atoms with E-state index in [9.17, 15) is 29.4 Å². The second-order valence-corrected chi connectivity index (χ2v) is 10.2. The molecule has 220 valence electrons. The molecule has 1 aliphatic carbocycles. The zero-order valence-corrected chi connectivity index (χ0v) is 23.8. The van der Waals surface area contributed by atoms with Crippen LogP contribution in [0.1, 0.15) is 40.5 Å². The van der Waals surface area contributed by atoms with Gasteiger partial charge in [-0.15, -0.1) is 0 Å². The number of nitrogens with one attached hydrogen (secondary N) is 1. The van der Waals surface area contributed by atoms with E-state index in [1.807, 2.05) is 6.92 Å². The minimum absolute atomic E-state index is 0.0246. The molecule has 0 aromatic carbocycles. The van der Waals surface area contributed by atoms with E-state index >= 15 is 0 Å². The van der Waals surface area contributed by atoms with Gasteiger partial charge in [0.2, 0.25) is 5.78 Å². The maximum Gasteiger partial charge on any atom is 0.405 e. The highest BCUT2D eigenvalue weighted by atomic mass is 16.6. The quantitative estimate of drug-likeness (QED) is 0.295. The van der Waals surface area contributed by atoms with Crippen molar-refractivity contribution in [3.05, 3.63) is 58.4 Å². The van der Waals surface area contributed by atoms with E-state index in [0.717, 1.165) is 6.08 Å². The second kappa shape index (κ2) is 14.8. The lowest BCUT2D eigenvalue weighted by Crippen LogP contribution is -2.37. The minimum atomic E-state index is -1.01. The molecule has 0 spiro atoms. The van der Waals surface area contributed by atoms with Gasteiger partial charge >= 0.3 is 6.09 Å². The number of methoxy groups -OCH3 is 2. The highest BCUT2D eigenvalue weighted by Gasteiger charge is 2.33. The number of aliphatic hydroxyl groups is 2. The van der Waals surface area contributed by atoms with Crippen molar-refractivity contribution in [2.45, 2.75) is 65.0 Å². The molecule has 0 saturated carbocycles. The summed E-state index contributed by atoms with van der Waals surface area (Å²) < 4.78 is 16.4. The molecule has 1 aliphatic heterocycles. The molecule has 2 aliphatic rings. The maximum atomic E-state index is 13.3. The van der Waals surface area contributed by atoms with E-state index < -0.39 is 60.5 Å². The standard InChI is InChI=1S/C29H40N2O9/c1-15-10-19-20(14-32)22(33)13-21(26(19)35)31-28(36)16(2)8-7-9-23(38-5)27(40-29(30)37)18(4)12-17(3)25(34)24(11-15)39-6/h7-9,12-13,15,17,23-25,27,32,34H,10-11,14H2,1-6H3,(H2,30,37)(H,31,36)/b9-7-,16-8+,18-12+/t15-,17+,23?,24+,25-,27+/m1/s1. The molecule has 0 aromatic heterocycles. The van der Waals surface area contributed by atoms with Crippen LogP contribution in [0.4, 0.5) is 4.79 Å². The van der Waals surface area contributed by atoms with Crippen LogP contribution in [-0.4, -0.2) is 79.0 Å². The van der Waals surface area contributed by atoms with Crippen LogP contribution in [0.25, 0.3) is 0 Å². The van der Waals surface area contributed by atoms with Gasteiger partial charge < -0.3 is 35.5 Å². The van der Waals surface area contributed by atoms with Gasteiger partial charge in [-0.05, 0) is 38.2 Å². The number of aliphatic hydroxyl groups excluding tert-OH is 2. The number of carbonyl (C=O) groups is 4. The average Bonchev–Trinajstić information content (AvgIpc) is 2.90. The Morgan fingerprint density at radius 3 is 2.40 bits per heavy atom. The molecule has 0 radical (unpaired) electrons. The molecule has 1 unspecified atom stereocenters. The van der Waals surface area contributed by atoms with Crippen molar-refractivity contribution in [1.82, 2.24) is 5.32 Å². The maximum absolute atomic E-state index is 13.3. The summed E-state index contributed by atoms with van der Waals surface area (Å²) in [6.07, 6.45) is 3.40. The summed E-state index contributed by atoms with van der Waals surface area (Å²) in [4.78, 5) is 50.5. The summed E-state index contributed by atoms with van der Waals surface area (Å²) in [7, 11) is 2.88. The van der Waals surface area contributed by atoms with Crippen molar-refractivity contribution >= 4 is 23.6 Å². The van der Waals surface area contributed by atoms with Crippen LogP contribution < -0.4 is 11.1 Å². The Bertz CT molecular complexity index is 1150. The lowest BCUT2D eigenvalue weighted by Gasteiger charge is -2.30. The molecular formula is C29H40N2O9. The summed E-state index contributed by atoms with van der Waals surface area (Å²) >= 11 is 0. The Hall–Kier alpha value is -3.38. The molecule has 5 N–H and O–H groups in total. The van der Waals surface area contributed by atoms with Crippen LogP contribution in [0.3, 0.4) is 0 Å². The number of rotatable bonds is 4. The second-order valence-electron chi connectivity index (χ2n) is 10.2. The highest BCUT2D eigenvalue weighted by Crippen LogP contribution is 2.29. The van der Waals surface area contributed by atoms with Gasteiger partial charge in [0.15, 0.2) is 11.9 Å². The van der Waals surface area contributed by atoms with E-state index in [1.165, 1.54) is 33.3 Å². The minimum Gasteiger partial charge on any atom is -0.439 e. The molecule has 2 rings (SSSR count). The van der Waals surface area contributed by atoms with Crippen LogP contribution in [0, 0.1) is 11.8 Å². The smallest absolute Gasteiger partial charge is 0.405 e. The zero-order valence-electron chi connectivity index (χ0n) is 23.8. The summed E-state index contributed by atoms with van der Waals surface area (Å²) in [6, 6.07) is 0. The molecule has 6 atom stereocenters. The van der Waals surface area contributed by atoms with Crippen molar-refractivity contribution in [1.29, 1.82) is 0 Å². The molecule has 40 heavy (non-hydrogen) atoms. The van der Waals surface area contributed by atoms with Gasteiger partial charge in [0.05, 0.1) is 24.5 Å². The van der Waals surface area contributed by atoms with Crippen molar-refractivity contribution in [3.63, 3.8) is 0 Å². The first kappa shape index (κ1) is 32.8. The van der Waals surface area contributed by atoms with Gasteiger partial charge in [0, 0.05) is 42.9 Å². The molecule has 0 aromatic rings. The number of ether oxygens (including phenoxy) is 3. The number of carbonyl (C=O) groups excluding carboxylic acids is 4. The van der Waals surface area contributed by atoms with Crippen molar-refractivity contribution in [2.75, 3.05) is 20.8 Å². The summed E-state index contributed by atoms with van der Waals surface area (Å²) in [5, 5.41) is 23.5. The molecule has 2 bridgehead atoms. The number of primary amides is 1. The van der Waals surface area contributed by atoms with Gasteiger partial charge in [-0.25, -0.2) is 4.79 Å². The summed E-state index contributed by atoms with van der Waals surface area (Å²) in [5.41, 5.74) is 6.00. The zero-order chi connectivity index (χ0) is 30.1. The topological polar surface area (TPSA) is 174 Å². The van der Waals surface area contributed by atoms with Crippen LogP contribution in [0.2, 0.25) is 0 Å². The first-order chi connectivity index (χ1) is 18.8. The Labute approximate surface area is 234 Å². The summed E-state index contributed by atoms with van der Waals surface area (Å²) in [6.45, 7) is 6.23. The first-order valence-corrected chi connectivity index (χ1v) is 13.0. The van der Waals surface area contributed by atoms with Crippen LogP contribution in [0.15, 0.2) is 58.4 Å². The van der Waals surface area contributed by atoms with E-state index in [1.54, 1.807) is 26.0 Å². The number of ketones is 2. The van der Waals surface area contributed by atoms with Crippen molar-refractivity contribution in [3.8, 4) is 0 Å². The SMILES string of the molecule is COC1/C=C\C=C(/C)C(=O)NC2=CC(=O)C(CO)=C(C[C@@H](C)C[C@H](OC)[C@H](O)[C@@H](C)/C=C(\C)[C@@H]1OC(N)=O)C2=O. The molecule has 11 nitrogen and oxygen atoms in total. The fourth-order valence-electron chi connectivity index (χ4n) is 4.82. The fourth-order valence-corrected chi connectivity index (χ4v) is 4.82. The number of hydrogen-bond acceptors (Lipinski definition) is 9. The third-order valence-electron chi connectivity index (χ3n) is 7.07. The van der Waals surface area contributed by atoms with Gasteiger partial charge in [0.25, 0.3) is 5.91 Å². The Morgan fingerprint density at radius 2 is 1.82 bits per heavy atom. The Kier molecular flexibility index (Phi) is 12.2.